The van der Waals surface area contributed by atoms with Crippen LogP contribution in [0.15, 0.2) is 51.4 Å². The van der Waals surface area contributed by atoms with Crippen LogP contribution in [0.4, 0.5) is 5.69 Å². The van der Waals surface area contributed by atoms with Gasteiger partial charge >= 0.3 is 0 Å². The summed E-state index contributed by atoms with van der Waals surface area (Å²) in [5, 5.41) is 14.3. The van der Waals surface area contributed by atoms with Crippen LogP contribution in [-0.2, 0) is 4.79 Å². The van der Waals surface area contributed by atoms with E-state index in [1.54, 1.807) is 30.3 Å². The average molecular weight is 469 g/mol. The minimum absolute atomic E-state index is 0.133. The van der Waals surface area contributed by atoms with E-state index in [0.717, 1.165) is 8.95 Å². The van der Waals surface area contributed by atoms with Gasteiger partial charge in [-0.15, -0.1) is 0 Å². The zero-order chi connectivity index (χ0) is 17.5. The number of hydrogen-bond acceptors (Lipinski definition) is 4. The predicted octanol–water partition coefficient (Wildman–Crippen LogP) is 3.98. The second kappa shape index (κ2) is 8.78. The molecule has 2 aromatic carbocycles. The summed E-state index contributed by atoms with van der Waals surface area (Å²) in [7, 11) is 0. The van der Waals surface area contributed by atoms with Crippen LogP contribution in [0, 0.1) is 11.3 Å². The first-order valence-corrected chi connectivity index (χ1v) is 8.66. The summed E-state index contributed by atoms with van der Waals surface area (Å²) in [4.78, 5) is 11.9. The van der Waals surface area contributed by atoms with Gasteiger partial charge in [-0.05, 0) is 64.5 Å². The number of amides is 1. The molecule has 24 heavy (non-hydrogen) atoms. The minimum atomic E-state index is -0.390. The fraction of sp³-hybridized carbons (Fsp3) is 0.0625. The van der Waals surface area contributed by atoms with Crippen LogP contribution in [-0.4, -0.2) is 17.6 Å². The zero-order valence-electron chi connectivity index (χ0n) is 12.2. The molecule has 5 nitrogen and oxygen atoms in total. The van der Waals surface area contributed by atoms with E-state index >= 15 is 0 Å². The minimum Gasteiger partial charge on any atom is -0.483 e. The number of nitriles is 1. The van der Waals surface area contributed by atoms with Crippen molar-refractivity contribution in [2.24, 2.45) is 0 Å². The largest absolute Gasteiger partial charge is 0.483 e. The Morgan fingerprint density at radius 2 is 2.04 bits per heavy atom. The van der Waals surface area contributed by atoms with Crippen molar-refractivity contribution in [2.45, 2.75) is 0 Å². The third-order valence-corrected chi connectivity index (χ3v) is 4.07. The zero-order valence-corrected chi connectivity index (χ0v) is 16.2. The molecule has 2 aromatic rings. The molecule has 122 valence electrons. The Morgan fingerprint density at radius 1 is 1.25 bits per heavy atom. The molecule has 0 aliphatic carbocycles. The molecule has 0 saturated heterocycles. The van der Waals surface area contributed by atoms with Gasteiger partial charge in [-0.25, -0.2) is 0 Å². The van der Waals surface area contributed by atoms with Gasteiger partial charge in [0.2, 0.25) is 0 Å². The molecule has 0 unspecified atom stereocenters. The Balaban J connectivity index is 1.85. The molecular formula is C16H11Br2N3O2S. The molecule has 2 rings (SSSR count). The fourth-order valence-corrected chi connectivity index (χ4v) is 3.12. The van der Waals surface area contributed by atoms with Crippen LogP contribution in [0.5, 0.6) is 5.75 Å². The molecule has 0 aliphatic rings. The van der Waals surface area contributed by atoms with Gasteiger partial charge in [-0.1, -0.05) is 22.0 Å². The molecule has 8 heteroatoms. The molecule has 0 heterocycles. The SMILES string of the molecule is N#Cc1cccc(NC(=S)NC(=O)COc2ccc(Br)cc2Br)c1. The molecule has 2 N–H and O–H groups in total. The second-order valence-electron chi connectivity index (χ2n) is 4.56. The normalized spacial score (nSPS) is 9.71. The number of nitrogens with zero attached hydrogens (tertiary/aromatic N) is 1. The summed E-state index contributed by atoms with van der Waals surface area (Å²) in [5.41, 5.74) is 1.12. The van der Waals surface area contributed by atoms with Gasteiger partial charge in [-0.2, -0.15) is 5.26 Å². The second-order valence-corrected chi connectivity index (χ2v) is 6.74. The number of carbonyl (C=O) groups excluding carboxylic acids is 1. The van der Waals surface area contributed by atoms with Crippen molar-refractivity contribution < 1.29 is 9.53 Å². The van der Waals surface area contributed by atoms with Crippen LogP contribution in [0.3, 0.4) is 0 Å². The Labute approximate surface area is 161 Å². The van der Waals surface area contributed by atoms with Crippen molar-refractivity contribution in [1.82, 2.24) is 5.32 Å². The highest BCUT2D eigenvalue weighted by atomic mass is 79.9. The third-order valence-electron chi connectivity index (χ3n) is 2.76. The summed E-state index contributed by atoms with van der Waals surface area (Å²) >= 11 is 11.8. The summed E-state index contributed by atoms with van der Waals surface area (Å²) in [6.45, 7) is -0.180. The molecule has 0 aromatic heterocycles. The van der Waals surface area contributed by atoms with E-state index in [0.29, 0.717) is 17.0 Å². The van der Waals surface area contributed by atoms with Gasteiger partial charge in [0.05, 0.1) is 16.1 Å². The van der Waals surface area contributed by atoms with E-state index in [1.165, 1.54) is 0 Å². The van der Waals surface area contributed by atoms with Crippen molar-refractivity contribution >= 4 is 60.8 Å². The first-order chi connectivity index (χ1) is 11.5. The molecule has 0 aliphatic heterocycles. The smallest absolute Gasteiger partial charge is 0.264 e. The van der Waals surface area contributed by atoms with Gasteiger partial charge < -0.3 is 10.1 Å². The number of thiocarbonyl (C=S) groups is 1. The van der Waals surface area contributed by atoms with E-state index < -0.39 is 5.91 Å². The Kier molecular flexibility index (Phi) is 6.73. The van der Waals surface area contributed by atoms with Gasteiger partial charge in [0.15, 0.2) is 11.7 Å². The number of rotatable bonds is 4. The number of halogens is 2. The topological polar surface area (TPSA) is 74.2 Å². The maximum atomic E-state index is 11.9. The lowest BCUT2D eigenvalue weighted by molar-refractivity contribution is -0.121. The predicted molar refractivity (Wildman–Crippen MR) is 103 cm³/mol. The van der Waals surface area contributed by atoms with E-state index in [2.05, 4.69) is 42.5 Å². The summed E-state index contributed by atoms with van der Waals surface area (Å²) < 4.78 is 7.07. The standard InChI is InChI=1S/C16H11Br2N3O2S/c17-11-4-5-14(13(18)7-11)23-9-15(22)21-16(24)20-12-3-1-2-10(6-12)8-19/h1-7H,9H2,(H2,20,21,22,24). The molecule has 1 amide bonds. The third kappa shape index (κ3) is 5.60. The van der Waals surface area contributed by atoms with E-state index in [4.69, 9.17) is 22.2 Å². The Morgan fingerprint density at radius 3 is 2.75 bits per heavy atom. The van der Waals surface area contributed by atoms with E-state index in [1.807, 2.05) is 18.2 Å². The van der Waals surface area contributed by atoms with E-state index in [9.17, 15) is 4.79 Å². The quantitative estimate of drug-likeness (QED) is 0.664. The molecule has 0 bridgehead atoms. The Hall–Kier alpha value is -1.95. The molecule has 0 fully saturated rings. The highest BCUT2D eigenvalue weighted by Crippen LogP contribution is 2.28. The van der Waals surface area contributed by atoms with Crippen molar-refractivity contribution in [2.75, 3.05) is 11.9 Å². The molecular weight excluding hydrogens is 458 g/mol. The highest BCUT2D eigenvalue weighted by Gasteiger charge is 2.08. The average Bonchev–Trinajstić information content (AvgIpc) is 2.54. The maximum Gasteiger partial charge on any atom is 0.264 e. The van der Waals surface area contributed by atoms with Gasteiger partial charge in [-0.3, -0.25) is 10.1 Å². The monoisotopic (exact) mass is 467 g/mol. The number of anilines is 1. The van der Waals surface area contributed by atoms with Crippen molar-refractivity contribution in [1.29, 1.82) is 5.26 Å². The lowest BCUT2D eigenvalue weighted by atomic mass is 10.2. The highest BCUT2D eigenvalue weighted by molar-refractivity contribution is 9.11. The van der Waals surface area contributed by atoms with Crippen LogP contribution in [0.1, 0.15) is 5.56 Å². The van der Waals surface area contributed by atoms with Gasteiger partial charge in [0.1, 0.15) is 5.75 Å². The number of carbonyl (C=O) groups is 1. The number of ether oxygens (including phenoxy) is 1. The number of benzene rings is 2. The molecule has 0 spiro atoms. The summed E-state index contributed by atoms with van der Waals surface area (Å²) in [5.74, 6) is 0.160. The molecule has 0 atom stereocenters. The lowest BCUT2D eigenvalue weighted by Gasteiger charge is -2.11. The van der Waals surface area contributed by atoms with Crippen LogP contribution >= 0.6 is 44.1 Å². The van der Waals surface area contributed by atoms with Crippen LogP contribution in [0.25, 0.3) is 0 Å². The Bertz CT molecular complexity index is 821. The van der Waals surface area contributed by atoms with Gasteiger partial charge in [0, 0.05) is 10.2 Å². The summed E-state index contributed by atoms with van der Waals surface area (Å²) in [6, 6.07) is 14.2. The van der Waals surface area contributed by atoms with Crippen molar-refractivity contribution in [3.8, 4) is 11.8 Å². The number of nitrogens with one attached hydrogen (secondary N) is 2. The van der Waals surface area contributed by atoms with Crippen molar-refractivity contribution in [3.63, 3.8) is 0 Å². The maximum absolute atomic E-state index is 11.9. The van der Waals surface area contributed by atoms with Crippen LogP contribution in [0.2, 0.25) is 0 Å². The van der Waals surface area contributed by atoms with E-state index in [-0.39, 0.29) is 11.7 Å². The van der Waals surface area contributed by atoms with Crippen LogP contribution < -0.4 is 15.4 Å². The van der Waals surface area contributed by atoms with Crippen molar-refractivity contribution in [3.05, 3.63) is 57.0 Å². The molecule has 0 radical (unpaired) electrons. The fourth-order valence-electron chi connectivity index (χ4n) is 1.73. The lowest BCUT2D eigenvalue weighted by Crippen LogP contribution is -2.37. The first-order valence-electron chi connectivity index (χ1n) is 6.67. The summed E-state index contributed by atoms with van der Waals surface area (Å²) in [6.07, 6.45) is 0. The van der Waals surface area contributed by atoms with Gasteiger partial charge in [0.25, 0.3) is 5.91 Å². The molecule has 0 saturated carbocycles. The number of hydrogen-bond donors (Lipinski definition) is 2. The first kappa shape index (κ1) is 18.4.